The second-order valence-electron chi connectivity index (χ2n) is 7.09. The Morgan fingerprint density at radius 1 is 1.32 bits per heavy atom. The van der Waals surface area contributed by atoms with E-state index in [9.17, 15) is 8.42 Å². The van der Waals surface area contributed by atoms with Crippen LogP contribution in [0, 0.1) is 5.41 Å². The van der Waals surface area contributed by atoms with E-state index in [-0.39, 0.29) is 35.1 Å². The summed E-state index contributed by atoms with van der Waals surface area (Å²) in [5.74, 6) is 0.694. The molecule has 0 unspecified atom stereocenters. The van der Waals surface area contributed by atoms with Crippen molar-refractivity contribution in [1.29, 1.82) is 0 Å². The van der Waals surface area contributed by atoms with Gasteiger partial charge in [-0.05, 0) is 5.41 Å². The molecule has 25 heavy (non-hydrogen) atoms. The maximum Gasteiger partial charge on any atom is 0.220 e. The third-order valence-corrected chi connectivity index (χ3v) is 5.55. The normalized spacial score (nSPS) is 17.3. The predicted molar refractivity (Wildman–Crippen MR) is 109 cm³/mol. The number of rotatable bonds is 4. The molecule has 0 amide bonds. The molecule has 1 aromatic rings. The molecule has 1 aliphatic heterocycles. The fourth-order valence-corrected chi connectivity index (χ4v) is 3.87. The van der Waals surface area contributed by atoms with Crippen molar-refractivity contribution in [3.05, 3.63) is 18.0 Å². The van der Waals surface area contributed by atoms with Crippen molar-refractivity contribution in [2.75, 3.05) is 39.8 Å². The summed E-state index contributed by atoms with van der Waals surface area (Å²) in [6.45, 7) is 9.38. The molecule has 1 saturated heterocycles. The molecule has 1 N–H and O–H groups in total. The van der Waals surface area contributed by atoms with Crippen molar-refractivity contribution >= 4 is 40.0 Å². The lowest BCUT2D eigenvalue weighted by Crippen LogP contribution is -2.54. The summed E-state index contributed by atoms with van der Waals surface area (Å²) >= 11 is 0. The second kappa shape index (κ2) is 9.17. The first-order valence-electron chi connectivity index (χ1n) is 8.04. The Morgan fingerprint density at radius 3 is 2.44 bits per heavy atom. The van der Waals surface area contributed by atoms with E-state index in [1.54, 1.807) is 13.1 Å². The fraction of sp³-hybridized carbons (Fsp3) is 0.733. The highest BCUT2D eigenvalue weighted by atomic mass is 127. The quantitative estimate of drug-likeness (QED) is 0.394. The number of aromatic nitrogens is 1. The molecule has 1 aliphatic rings. The van der Waals surface area contributed by atoms with Gasteiger partial charge in [-0.3, -0.25) is 4.99 Å². The van der Waals surface area contributed by atoms with Crippen molar-refractivity contribution in [2.24, 2.45) is 10.4 Å². The van der Waals surface area contributed by atoms with Crippen LogP contribution in [-0.2, 0) is 15.8 Å². The van der Waals surface area contributed by atoms with E-state index < -0.39 is 10.0 Å². The van der Waals surface area contributed by atoms with Gasteiger partial charge >= 0.3 is 0 Å². The number of hydrogen-bond acceptors (Lipinski definition) is 5. The van der Waals surface area contributed by atoms with E-state index in [1.807, 2.05) is 0 Å². The number of guanidine groups is 1. The van der Waals surface area contributed by atoms with Gasteiger partial charge in [0, 0.05) is 45.8 Å². The highest BCUT2D eigenvalue weighted by Gasteiger charge is 2.29. The van der Waals surface area contributed by atoms with E-state index in [0.29, 0.717) is 31.9 Å². The van der Waals surface area contributed by atoms with Gasteiger partial charge < -0.3 is 14.7 Å². The molecule has 1 fully saturated rings. The summed E-state index contributed by atoms with van der Waals surface area (Å²) in [5, 5.41) is 7.03. The molecule has 1 aromatic heterocycles. The molecular weight excluding hydrogens is 457 g/mol. The Labute approximate surface area is 167 Å². The second-order valence-corrected chi connectivity index (χ2v) is 9.06. The van der Waals surface area contributed by atoms with Gasteiger partial charge in [0.2, 0.25) is 10.0 Å². The number of nitrogens with one attached hydrogen (secondary N) is 1. The maximum absolute atomic E-state index is 12.4. The van der Waals surface area contributed by atoms with Gasteiger partial charge in [-0.15, -0.1) is 24.0 Å². The van der Waals surface area contributed by atoms with Crippen molar-refractivity contribution < 1.29 is 12.9 Å². The van der Waals surface area contributed by atoms with Crippen molar-refractivity contribution in [3.63, 3.8) is 0 Å². The molecule has 0 aliphatic carbocycles. The molecule has 0 radical (unpaired) electrons. The first-order valence-corrected chi connectivity index (χ1v) is 9.65. The lowest BCUT2D eigenvalue weighted by Gasteiger charge is -2.36. The molecule has 0 atom stereocenters. The van der Waals surface area contributed by atoms with Crippen LogP contribution in [0.15, 0.2) is 21.8 Å². The lowest BCUT2D eigenvalue weighted by molar-refractivity contribution is 0.257. The molecule has 144 valence electrons. The van der Waals surface area contributed by atoms with Gasteiger partial charge in [0.25, 0.3) is 0 Å². The Morgan fingerprint density at radius 2 is 1.96 bits per heavy atom. The number of aliphatic imine (C=N–C) groups is 1. The minimum absolute atomic E-state index is 0. The van der Waals surface area contributed by atoms with Crippen LogP contribution in [0.4, 0.5) is 0 Å². The summed E-state index contributed by atoms with van der Waals surface area (Å²) < 4.78 is 31.1. The van der Waals surface area contributed by atoms with Crippen molar-refractivity contribution in [1.82, 2.24) is 19.7 Å². The zero-order valence-electron chi connectivity index (χ0n) is 15.2. The van der Waals surface area contributed by atoms with Gasteiger partial charge in [0.05, 0.1) is 5.69 Å². The van der Waals surface area contributed by atoms with Gasteiger partial charge in [-0.1, -0.05) is 25.9 Å². The van der Waals surface area contributed by atoms with Crippen LogP contribution in [0.3, 0.4) is 0 Å². The molecular formula is C15H28IN5O3S. The molecule has 2 heterocycles. The average Bonchev–Trinajstić information content (AvgIpc) is 2.99. The van der Waals surface area contributed by atoms with Crippen molar-refractivity contribution in [3.8, 4) is 0 Å². The number of halogens is 1. The largest absolute Gasteiger partial charge is 0.364 e. The number of hydrogen-bond donors (Lipinski definition) is 1. The maximum atomic E-state index is 12.4. The standard InChI is InChI=1S/C15H27N5O3S.HI/c1-15(2,3)12-17-14(16-4)19-6-8-20(9-7-19)24(21,22)11-13-5-10-23-18-13;/h5,10H,6-9,11-12H2,1-4H3,(H,16,17);1H. The van der Waals surface area contributed by atoms with E-state index >= 15 is 0 Å². The number of nitrogens with zero attached hydrogens (tertiary/aromatic N) is 4. The van der Waals surface area contributed by atoms with Crippen molar-refractivity contribution in [2.45, 2.75) is 26.5 Å². The SMILES string of the molecule is CN=C(NCC(C)(C)C)N1CCN(S(=O)(=O)Cc2ccon2)CC1.I. The van der Waals surface area contributed by atoms with Crippen LogP contribution in [0.2, 0.25) is 0 Å². The molecule has 2 rings (SSSR count). The summed E-state index contributed by atoms with van der Waals surface area (Å²) in [6, 6.07) is 1.58. The first kappa shape index (κ1) is 22.2. The Balaban J connectivity index is 0.00000312. The summed E-state index contributed by atoms with van der Waals surface area (Å²) in [7, 11) is -1.63. The summed E-state index contributed by atoms with van der Waals surface area (Å²) in [5.41, 5.74) is 0.582. The molecule has 8 nitrogen and oxygen atoms in total. The smallest absolute Gasteiger partial charge is 0.220 e. The molecule has 0 aromatic carbocycles. The zero-order valence-corrected chi connectivity index (χ0v) is 18.4. The highest BCUT2D eigenvalue weighted by molar-refractivity contribution is 14.0. The molecule has 10 heteroatoms. The van der Waals surface area contributed by atoms with Crippen LogP contribution < -0.4 is 5.32 Å². The summed E-state index contributed by atoms with van der Waals surface area (Å²) in [4.78, 5) is 6.40. The monoisotopic (exact) mass is 485 g/mol. The number of piperazine rings is 1. The average molecular weight is 485 g/mol. The Kier molecular flexibility index (Phi) is 8.13. The molecule has 0 saturated carbocycles. The third-order valence-electron chi connectivity index (χ3n) is 3.74. The topological polar surface area (TPSA) is 91.0 Å². The van der Waals surface area contributed by atoms with Crippen LogP contribution in [0.25, 0.3) is 0 Å². The number of sulfonamides is 1. The van der Waals surface area contributed by atoms with Gasteiger partial charge in [-0.2, -0.15) is 4.31 Å². The third kappa shape index (κ3) is 6.74. The lowest BCUT2D eigenvalue weighted by atomic mass is 9.97. The molecule has 0 bridgehead atoms. The minimum atomic E-state index is -3.37. The van der Waals surface area contributed by atoms with Gasteiger partial charge in [-0.25, -0.2) is 8.42 Å². The Bertz CT molecular complexity index is 647. The van der Waals surface area contributed by atoms with Crippen LogP contribution in [-0.4, -0.2) is 68.5 Å². The van der Waals surface area contributed by atoms with Crippen LogP contribution in [0.5, 0.6) is 0 Å². The highest BCUT2D eigenvalue weighted by Crippen LogP contribution is 2.14. The Hall–Kier alpha value is -0.880. The van der Waals surface area contributed by atoms with Crippen LogP contribution >= 0.6 is 24.0 Å². The van der Waals surface area contributed by atoms with E-state index in [4.69, 9.17) is 4.52 Å². The minimum Gasteiger partial charge on any atom is -0.364 e. The van der Waals surface area contributed by atoms with E-state index in [1.165, 1.54) is 10.6 Å². The first-order chi connectivity index (χ1) is 11.2. The predicted octanol–water partition coefficient (Wildman–Crippen LogP) is 1.36. The zero-order chi connectivity index (χ0) is 17.8. The fourth-order valence-electron chi connectivity index (χ4n) is 2.44. The van der Waals surface area contributed by atoms with Gasteiger partial charge in [0.1, 0.15) is 12.0 Å². The van der Waals surface area contributed by atoms with E-state index in [0.717, 1.165) is 12.5 Å². The summed E-state index contributed by atoms with van der Waals surface area (Å²) in [6.07, 6.45) is 1.38. The van der Waals surface area contributed by atoms with E-state index in [2.05, 4.69) is 41.1 Å². The van der Waals surface area contributed by atoms with Crippen LogP contribution in [0.1, 0.15) is 26.5 Å². The van der Waals surface area contributed by atoms with Gasteiger partial charge in [0.15, 0.2) is 5.96 Å². The molecule has 0 spiro atoms.